The molecule has 9 heteroatoms. The topological polar surface area (TPSA) is 51.9 Å². The Hall–Kier alpha value is -2.32. The first-order valence-corrected chi connectivity index (χ1v) is 10.2. The van der Waals surface area contributed by atoms with Gasteiger partial charge >= 0.3 is 6.18 Å². The third-order valence-corrected chi connectivity index (χ3v) is 6.30. The highest BCUT2D eigenvalue weighted by molar-refractivity contribution is 6.31. The van der Waals surface area contributed by atoms with E-state index in [2.05, 4.69) is 10.4 Å². The van der Waals surface area contributed by atoms with Crippen LogP contribution in [0.4, 0.5) is 13.2 Å². The van der Waals surface area contributed by atoms with Crippen LogP contribution in [0.1, 0.15) is 49.0 Å². The molecule has 30 heavy (non-hydrogen) atoms. The summed E-state index contributed by atoms with van der Waals surface area (Å²) in [7, 11) is 3.48. The van der Waals surface area contributed by atoms with Gasteiger partial charge in [-0.3, -0.25) is 9.48 Å². The van der Waals surface area contributed by atoms with Crippen LogP contribution in [-0.2, 0) is 18.8 Å². The van der Waals surface area contributed by atoms with Crippen molar-refractivity contribution in [1.29, 1.82) is 0 Å². The molecule has 2 heterocycles. The molecule has 1 fully saturated rings. The third kappa shape index (κ3) is 3.13. The molecule has 1 aromatic carbocycles. The average Bonchev–Trinajstić information content (AvgIpc) is 3.46. The number of rotatable bonds is 5. The van der Waals surface area contributed by atoms with Crippen LogP contribution in [0, 0.1) is 0 Å². The van der Waals surface area contributed by atoms with E-state index in [1.807, 2.05) is 13.0 Å². The molecule has 0 saturated heterocycles. The van der Waals surface area contributed by atoms with Crippen molar-refractivity contribution >= 4 is 22.5 Å². The summed E-state index contributed by atoms with van der Waals surface area (Å²) in [5.74, 6) is 0. The molecule has 1 unspecified atom stereocenters. The number of halogens is 4. The molecule has 1 aliphatic rings. The fourth-order valence-corrected chi connectivity index (χ4v) is 4.59. The van der Waals surface area contributed by atoms with Gasteiger partial charge in [0, 0.05) is 24.7 Å². The molecule has 0 spiro atoms. The van der Waals surface area contributed by atoms with Crippen LogP contribution in [0.15, 0.2) is 35.3 Å². The number of hydrogen-bond acceptors (Lipinski definition) is 3. The summed E-state index contributed by atoms with van der Waals surface area (Å²) < 4.78 is 42.9. The summed E-state index contributed by atoms with van der Waals surface area (Å²) in [6.07, 6.45) is -0.290. The molecule has 0 bridgehead atoms. The van der Waals surface area contributed by atoms with Crippen molar-refractivity contribution < 1.29 is 13.2 Å². The number of aryl methyl sites for hydroxylation is 1. The van der Waals surface area contributed by atoms with E-state index in [1.165, 1.54) is 12.1 Å². The molecule has 4 rings (SSSR count). The van der Waals surface area contributed by atoms with Gasteiger partial charge in [0.1, 0.15) is 0 Å². The molecule has 1 saturated carbocycles. The molecular formula is C21H22ClF3N4O. The fourth-order valence-electron chi connectivity index (χ4n) is 4.31. The van der Waals surface area contributed by atoms with Gasteiger partial charge in [0.15, 0.2) is 5.52 Å². The number of pyridine rings is 1. The van der Waals surface area contributed by atoms with Gasteiger partial charge in [-0.1, -0.05) is 24.6 Å². The molecule has 1 atom stereocenters. The molecule has 1 aliphatic carbocycles. The van der Waals surface area contributed by atoms with Gasteiger partial charge in [-0.15, -0.1) is 0 Å². The highest BCUT2D eigenvalue weighted by Gasteiger charge is 2.39. The number of nitrogens with zero attached hydrogens (tertiary/aromatic N) is 3. The van der Waals surface area contributed by atoms with Crippen molar-refractivity contribution in [3.8, 4) is 0 Å². The zero-order valence-electron chi connectivity index (χ0n) is 16.8. The summed E-state index contributed by atoms with van der Waals surface area (Å²) in [5.41, 5.74) is -0.275. The fraction of sp³-hybridized carbons (Fsp3) is 0.429. The normalized spacial score (nSPS) is 16.8. The first-order valence-electron chi connectivity index (χ1n) is 9.78. The number of hydrogen-bond donors (Lipinski definition) is 1. The minimum atomic E-state index is -4.53. The van der Waals surface area contributed by atoms with Crippen molar-refractivity contribution in [3.63, 3.8) is 0 Å². The highest BCUT2D eigenvalue weighted by Crippen LogP contribution is 2.41. The van der Waals surface area contributed by atoms with E-state index >= 15 is 0 Å². The van der Waals surface area contributed by atoms with Gasteiger partial charge in [0.2, 0.25) is 0 Å². The van der Waals surface area contributed by atoms with Crippen LogP contribution in [-0.4, -0.2) is 21.4 Å². The van der Waals surface area contributed by atoms with E-state index in [0.717, 1.165) is 18.9 Å². The van der Waals surface area contributed by atoms with Gasteiger partial charge in [-0.05, 0) is 50.1 Å². The monoisotopic (exact) mass is 438 g/mol. The lowest BCUT2D eigenvalue weighted by Gasteiger charge is -2.34. The van der Waals surface area contributed by atoms with Crippen molar-refractivity contribution in [1.82, 2.24) is 19.7 Å². The predicted molar refractivity (Wildman–Crippen MR) is 110 cm³/mol. The Morgan fingerprint density at radius 2 is 1.97 bits per heavy atom. The number of nitrogens with one attached hydrogen (secondary N) is 1. The SMILES string of the molecule is CCC(NC)(c1ccc(C(F)(F)F)c(Cl)c1)c1c2ccn(C3CC3)c(=O)c2nn1C. The second kappa shape index (κ2) is 7.13. The summed E-state index contributed by atoms with van der Waals surface area (Å²) >= 11 is 6.02. The smallest absolute Gasteiger partial charge is 0.311 e. The predicted octanol–water partition coefficient (Wildman–Crippen LogP) is 4.62. The Labute approximate surface area is 176 Å². The molecule has 5 nitrogen and oxygen atoms in total. The number of fused-ring (bicyclic) bond motifs is 1. The van der Waals surface area contributed by atoms with E-state index < -0.39 is 17.3 Å². The summed E-state index contributed by atoms with van der Waals surface area (Å²) in [6.45, 7) is 1.92. The molecule has 0 aliphatic heterocycles. The Morgan fingerprint density at radius 3 is 2.50 bits per heavy atom. The van der Waals surface area contributed by atoms with Crippen LogP contribution in [0.3, 0.4) is 0 Å². The minimum Gasteiger partial charge on any atom is -0.311 e. The Balaban J connectivity index is 1.94. The lowest BCUT2D eigenvalue weighted by atomic mass is 9.82. The first-order chi connectivity index (χ1) is 14.1. The lowest BCUT2D eigenvalue weighted by Crippen LogP contribution is -2.42. The second-order valence-electron chi connectivity index (χ2n) is 7.70. The summed E-state index contributed by atoms with van der Waals surface area (Å²) in [6, 6.07) is 5.86. The van der Waals surface area contributed by atoms with Crippen LogP contribution < -0.4 is 10.9 Å². The van der Waals surface area contributed by atoms with E-state index in [-0.39, 0.29) is 16.6 Å². The summed E-state index contributed by atoms with van der Waals surface area (Å²) in [4.78, 5) is 12.9. The van der Waals surface area contributed by atoms with E-state index in [1.54, 1.807) is 29.5 Å². The molecule has 0 amide bonds. The van der Waals surface area contributed by atoms with Crippen molar-refractivity contribution in [2.45, 2.75) is 43.9 Å². The van der Waals surface area contributed by atoms with E-state index in [0.29, 0.717) is 28.6 Å². The average molecular weight is 439 g/mol. The quantitative estimate of drug-likeness (QED) is 0.632. The van der Waals surface area contributed by atoms with Crippen LogP contribution in [0.5, 0.6) is 0 Å². The molecule has 160 valence electrons. The van der Waals surface area contributed by atoms with Crippen LogP contribution in [0.25, 0.3) is 10.9 Å². The van der Waals surface area contributed by atoms with Crippen molar-refractivity contribution in [2.75, 3.05) is 7.05 Å². The lowest BCUT2D eigenvalue weighted by molar-refractivity contribution is -0.137. The van der Waals surface area contributed by atoms with Crippen molar-refractivity contribution in [3.05, 3.63) is 62.7 Å². The molecule has 0 radical (unpaired) electrons. The van der Waals surface area contributed by atoms with Gasteiger partial charge in [0.05, 0.1) is 21.8 Å². The largest absolute Gasteiger partial charge is 0.417 e. The Morgan fingerprint density at radius 1 is 1.27 bits per heavy atom. The number of benzene rings is 1. The standard InChI is InChI=1S/C21H22ClF3N4O/c1-4-20(26-2,12-5-8-15(16(22)11-12)21(23,24)25)18-14-9-10-29(13-6-7-13)19(30)17(14)27-28(18)3/h5,8-11,13,26H,4,6-7H2,1-3H3. The zero-order valence-corrected chi connectivity index (χ0v) is 17.6. The van der Waals surface area contributed by atoms with Gasteiger partial charge in [-0.2, -0.15) is 18.3 Å². The summed E-state index contributed by atoms with van der Waals surface area (Å²) in [5, 5.41) is 8.05. The minimum absolute atomic E-state index is 0.150. The Bertz CT molecular complexity index is 1170. The molecular weight excluding hydrogens is 417 g/mol. The molecule has 3 aromatic rings. The van der Waals surface area contributed by atoms with Crippen molar-refractivity contribution in [2.24, 2.45) is 7.05 Å². The van der Waals surface area contributed by atoms with E-state index in [9.17, 15) is 18.0 Å². The first kappa shape index (κ1) is 20.9. The number of aromatic nitrogens is 3. The maximum absolute atomic E-state index is 13.2. The molecule has 2 aromatic heterocycles. The third-order valence-electron chi connectivity index (χ3n) is 5.99. The highest BCUT2D eigenvalue weighted by atomic mass is 35.5. The maximum Gasteiger partial charge on any atom is 0.417 e. The van der Waals surface area contributed by atoms with Crippen LogP contribution in [0.2, 0.25) is 5.02 Å². The van der Waals surface area contributed by atoms with E-state index in [4.69, 9.17) is 11.6 Å². The number of alkyl halides is 3. The maximum atomic E-state index is 13.2. The van der Waals surface area contributed by atoms with Gasteiger partial charge in [-0.25, -0.2) is 0 Å². The van der Waals surface area contributed by atoms with Gasteiger partial charge < -0.3 is 9.88 Å². The van der Waals surface area contributed by atoms with Crippen LogP contribution >= 0.6 is 11.6 Å². The Kier molecular flexibility index (Phi) is 4.97. The zero-order chi connectivity index (χ0) is 21.8. The second-order valence-corrected chi connectivity index (χ2v) is 8.10. The molecule has 1 N–H and O–H groups in total. The van der Waals surface area contributed by atoms with Gasteiger partial charge in [0.25, 0.3) is 5.56 Å².